The summed E-state index contributed by atoms with van der Waals surface area (Å²) in [4.78, 5) is 15.2. The van der Waals surface area contributed by atoms with Crippen LogP contribution in [0.25, 0.3) is 111 Å². The molecule has 1 aromatic heterocycles. The highest BCUT2D eigenvalue weighted by Gasteiger charge is 2.14. The molecule has 3 heteroatoms. The topological polar surface area (TPSA) is 38.7 Å². The van der Waals surface area contributed by atoms with Gasteiger partial charge in [0.25, 0.3) is 0 Å². The quantitative estimate of drug-likeness (QED) is 0.154. The van der Waals surface area contributed by atoms with Gasteiger partial charge in [-0.15, -0.1) is 0 Å². The lowest BCUT2D eigenvalue weighted by Crippen LogP contribution is -2.00. The summed E-state index contributed by atoms with van der Waals surface area (Å²) in [7, 11) is 0. The van der Waals surface area contributed by atoms with Crippen LogP contribution in [-0.2, 0) is 0 Å². The summed E-state index contributed by atoms with van der Waals surface area (Å²) < 4.78 is 0. The largest absolute Gasteiger partial charge is 0.208 e. The van der Waals surface area contributed by atoms with Gasteiger partial charge in [0, 0.05) is 16.7 Å². The third-order valence-electron chi connectivity index (χ3n) is 11.8. The molecule has 0 radical (unpaired) electrons. The van der Waals surface area contributed by atoms with E-state index < -0.39 is 0 Å². The number of nitrogens with zero attached hydrogens (tertiary/aromatic N) is 3. The van der Waals surface area contributed by atoms with Crippen molar-refractivity contribution in [1.82, 2.24) is 15.0 Å². The molecule has 11 aromatic rings. The summed E-state index contributed by atoms with van der Waals surface area (Å²) in [5, 5.41) is 5.01. The van der Waals surface area contributed by atoms with Gasteiger partial charge in [-0.05, 0) is 77.2 Å². The minimum absolute atomic E-state index is 0.628. The highest BCUT2D eigenvalue weighted by Crippen LogP contribution is 2.34. The first kappa shape index (κ1) is 36.8. The molecule has 0 saturated carbocycles. The van der Waals surface area contributed by atoms with Crippen molar-refractivity contribution in [2.45, 2.75) is 0 Å². The fourth-order valence-corrected chi connectivity index (χ4v) is 8.47. The molecular formula is C59H39N3. The molecule has 3 nitrogen and oxygen atoms in total. The Morgan fingerprint density at radius 1 is 0.177 bits per heavy atom. The molecule has 0 aliphatic rings. The molecule has 0 amide bonds. The average molecular weight is 790 g/mol. The van der Waals surface area contributed by atoms with E-state index in [1.54, 1.807) is 0 Å². The van der Waals surface area contributed by atoms with Gasteiger partial charge in [0.15, 0.2) is 17.5 Å². The zero-order valence-corrected chi connectivity index (χ0v) is 33.9. The van der Waals surface area contributed by atoms with Crippen LogP contribution in [0.3, 0.4) is 0 Å². The summed E-state index contributed by atoms with van der Waals surface area (Å²) in [5.74, 6) is 1.89. The predicted octanol–water partition coefficient (Wildman–Crippen LogP) is 15.5. The number of hydrogen-bond donors (Lipinski definition) is 0. The summed E-state index contributed by atoms with van der Waals surface area (Å²) in [6.07, 6.45) is 0. The van der Waals surface area contributed by atoms with Gasteiger partial charge in [0.05, 0.1) is 0 Å². The number of benzene rings is 10. The summed E-state index contributed by atoms with van der Waals surface area (Å²) in [5.41, 5.74) is 14.5. The summed E-state index contributed by atoms with van der Waals surface area (Å²) in [6.45, 7) is 0. The highest BCUT2D eigenvalue weighted by molar-refractivity contribution is 5.98. The lowest BCUT2D eigenvalue weighted by molar-refractivity contribution is 1.07. The van der Waals surface area contributed by atoms with Crippen LogP contribution >= 0.6 is 0 Å². The molecule has 0 saturated heterocycles. The van der Waals surface area contributed by atoms with Crippen molar-refractivity contribution in [3.63, 3.8) is 0 Å². The Kier molecular flexibility index (Phi) is 9.53. The van der Waals surface area contributed by atoms with E-state index >= 15 is 0 Å². The van der Waals surface area contributed by atoms with Crippen LogP contribution in [0.4, 0.5) is 0 Å². The maximum Gasteiger partial charge on any atom is 0.164 e. The maximum atomic E-state index is 5.09. The SMILES string of the molecule is c1ccc(-c2ccc(-c3nc(-c4ccc(-c5ccc(-c6cccc7ccccc67)cc5)cc4)nc(-c4ccc(-c5ccc(-c6cccc7ccccc67)cc5)cc4)n3)cc2)cc1. The number of hydrogen-bond acceptors (Lipinski definition) is 3. The van der Waals surface area contributed by atoms with E-state index in [9.17, 15) is 0 Å². The number of rotatable bonds is 8. The van der Waals surface area contributed by atoms with Gasteiger partial charge in [-0.25, -0.2) is 15.0 Å². The highest BCUT2D eigenvalue weighted by atomic mass is 15.0. The van der Waals surface area contributed by atoms with Crippen molar-refractivity contribution in [2.75, 3.05) is 0 Å². The summed E-state index contributed by atoms with van der Waals surface area (Å²) >= 11 is 0. The van der Waals surface area contributed by atoms with Crippen molar-refractivity contribution in [2.24, 2.45) is 0 Å². The molecule has 290 valence electrons. The zero-order chi connectivity index (χ0) is 41.2. The van der Waals surface area contributed by atoms with Gasteiger partial charge in [0.1, 0.15) is 0 Å². The molecule has 0 fully saturated rings. The predicted molar refractivity (Wildman–Crippen MR) is 258 cm³/mol. The maximum absolute atomic E-state index is 5.09. The standard InChI is InChI=1S/C59H39N3/c1-2-10-40(11-3-1)41-24-34-50(35-25-41)57-60-58(51-36-26-44(27-37-51)42-20-30-48(31-21-42)55-18-8-14-46-12-4-6-16-53(46)55)62-59(61-57)52-38-28-45(29-39-52)43-22-32-49(33-23-43)56-19-9-15-47-13-5-7-17-54(47)56/h1-39H. The van der Waals surface area contributed by atoms with Crippen molar-refractivity contribution in [3.05, 3.63) is 237 Å². The van der Waals surface area contributed by atoms with Crippen LogP contribution in [0.1, 0.15) is 0 Å². The third-order valence-corrected chi connectivity index (χ3v) is 11.8. The zero-order valence-electron chi connectivity index (χ0n) is 33.9. The van der Waals surface area contributed by atoms with E-state index in [2.05, 4.69) is 231 Å². The Bertz CT molecular complexity index is 3140. The molecule has 11 rings (SSSR count). The van der Waals surface area contributed by atoms with Crippen molar-refractivity contribution in [3.8, 4) is 89.8 Å². The van der Waals surface area contributed by atoms with Gasteiger partial charge < -0.3 is 0 Å². The first-order chi connectivity index (χ1) is 30.7. The lowest BCUT2D eigenvalue weighted by Gasteiger charge is -2.11. The Morgan fingerprint density at radius 2 is 0.435 bits per heavy atom. The van der Waals surface area contributed by atoms with Crippen LogP contribution < -0.4 is 0 Å². The normalized spacial score (nSPS) is 11.2. The average Bonchev–Trinajstić information content (AvgIpc) is 3.36. The molecule has 1 heterocycles. The van der Waals surface area contributed by atoms with Crippen LogP contribution in [-0.4, -0.2) is 15.0 Å². The molecule has 0 unspecified atom stereocenters. The van der Waals surface area contributed by atoms with Crippen molar-refractivity contribution in [1.29, 1.82) is 0 Å². The number of fused-ring (bicyclic) bond motifs is 2. The van der Waals surface area contributed by atoms with E-state index in [4.69, 9.17) is 15.0 Å². The van der Waals surface area contributed by atoms with Gasteiger partial charge in [-0.1, -0.05) is 237 Å². The van der Waals surface area contributed by atoms with Crippen molar-refractivity contribution < 1.29 is 0 Å². The molecular weight excluding hydrogens is 751 g/mol. The smallest absolute Gasteiger partial charge is 0.164 e. The second-order valence-corrected chi connectivity index (χ2v) is 15.6. The minimum atomic E-state index is 0.628. The molecule has 0 aliphatic carbocycles. The lowest BCUT2D eigenvalue weighted by atomic mass is 9.96. The fraction of sp³-hybridized carbons (Fsp3) is 0. The molecule has 0 aliphatic heterocycles. The second kappa shape index (κ2) is 16.1. The first-order valence-corrected chi connectivity index (χ1v) is 21.0. The minimum Gasteiger partial charge on any atom is -0.208 e. The van der Waals surface area contributed by atoms with Crippen LogP contribution in [0, 0.1) is 0 Å². The van der Waals surface area contributed by atoms with Gasteiger partial charge >= 0.3 is 0 Å². The van der Waals surface area contributed by atoms with Crippen LogP contribution in [0.5, 0.6) is 0 Å². The molecule has 0 N–H and O–H groups in total. The molecule has 10 aromatic carbocycles. The molecule has 0 spiro atoms. The van der Waals surface area contributed by atoms with Gasteiger partial charge in [-0.2, -0.15) is 0 Å². The van der Waals surface area contributed by atoms with E-state index in [1.807, 2.05) is 6.07 Å². The van der Waals surface area contributed by atoms with Gasteiger partial charge in [-0.3, -0.25) is 0 Å². The Balaban J connectivity index is 0.905. The first-order valence-electron chi connectivity index (χ1n) is 21.0. The monoisotopic (exact) mass is 789 g/mol. The van der Waals surface area contributed by atoms with Crippen LogP contribution in [0.2, 0.25) is 0 Å². The Hall–Kier alpha value is -8.27. The van der Waals surface area contributed by atoms with Crippen molar-refractivity contribution >= 4 is 21.5 Å². The van der Waals surface area contributed by atoms with E-state index in [1.165, 1.54) is 49.4 Å². The molecule has 0 bridgehead atoms. The Labute approximate surface area is 361 Å². The molecule has 62 heavy (non-hydrogen) atoms. The van der Waals surface area contributed by atoms with E-state index in [0.29, 0.717) is 17.5 Å². The van der Waals surface area contributed by atoms with E-state index in [0.717, 1.165) is 44.5 Å². The van der Waals surface area contributed by atoms with E-state index in [-0.39, 0.29) is 0 Å². The Morgan fingerprint density at radius 3 is 0.790 bits per heavy atom. The third kappa shape index (κ3) is 7.23. The summed E-state index contributed by atoms with van der Waals surface area (Å²) in [6, 6.07) is 83.7. The number of aromatic nitrogens is 3. The van der Waals surface area contributed by atoms with Crippen LogP contribution in [0.15, 0.2) is 237 Å². The molecule has 0 atom stereocenters. The fourth-order valence-electron chi connectivity index (χ4n) is 8.47. The second-order valence-electron chi connectivity index (χ2n) is 15.6. The van der Waals surface area contributed by atoms with Gasteiger partial charge in [0.2, 0.25) is 0 Å².